The van der Waals surface area contributed by atoms with Crippen LogP contribution in [0.4, 0.5) is 0 Å². The Hall–Kier alpha value is -2.59. The Morgan fingerprint density at radius 1 is 1.53 bits per heavy atom. The zero-order chi connectivity index (χ0) is 13.0. The molecule has 1 aromatic heterocycles. The highest BCUT2D eigenvalue weighted by Crippen LogP contribution is 2.23. The van der Waals surface area contributed by atoms with Crippen LogP contribution in [0, 0.1) is 17.8 Å². The summed E-state index contributed by atoms with van der Waals surface area (Å²) in [6.45, 7) is 0.133. The maximum atomic E-state index is 7.41. The Balaban J connectivity index is 0.00000180. The van der Waals surface area contributed by atoms with Crippen molar-refractivity contribution in [2.24, 2.45) is 5.73 Å². The highest BCUT2D eigenvalue weighted by molar-refractivity contribution is 5.95. The number of halogens is 1. The van der Waals surface area contributed by atoms with E-state index < -0.39 is 0 Å². The van der Waals surface area contributed by atoms with Gasteiger partial charge in [0, 0.05) is 5.56 Å². The molecule has 98 valence electrons. The maximum Gasteiger partial charge on any atom is 0.148 e. The van der Waals surface area contributed by atoms with Gasteiger partial charge in [-0.05, 0) is 28.6 Å². The first-order valence-electron chi connectivity index (χ1n) is 5.00. The average Bonchev–Trinajstić information content (AvgIpc) is 2.89. The predicted molar refractivity (Wildman–Crippen MR) is 71.7 cm³/mol. The van der Waals surface area contributed by atoms with Crippen LogP contribution in [0.3, 0.4) is 0 Å². The molecule has 0 amide bonds. The largest absolute Gasteiger partial charge is 0.479 e. The molecular formula is C11H11ClN6O. The Labute approximate surface area is 115 Å². The molecule has 0 aliphatic heterocycles. The normalized spacial score (nSPS) is 9.21. The Bertz CT molecular complexity index is 604. The molecule has 2 aromatic rings. The zero-order valence-corrected chi connectivity index (χ0v) is 10.6. The summed E-state index contributed by atoms with van der Waals surface area (Å²) in [5, 5.41) is 18.3. The topological polar surface area (TPSA) is 103 Å². The average molecular weight is 279 g/mol. The molecule has 8 heteroatoms. The molecule has 0 spiro atoms. The number of hydrogen-bond donors (Lipinski definition) is 2. The van der Waals surface area contributed by atoms with Gasteiger partial charge >= 0.3 is 0 Å². The number of tetrazole rings is 1. The molecule has 0 aliphatic rings. The van der Waals surface area contributed by atoms with E-state index in [2.05, 4.69) is 21.4 Å². The molecule has 1 heterocycles. The van der Waals surface area contributed by atoms with Crippen molar-refractivity contribution in [3.63, 3.8) is 0 Å². The second-order valence-electron chi connectivity index (χ2n) is 3.34. The second-order valence-corrected chi connectivity index (χ2v) is 3.34. The van der Waals surface area contributed by atoms with Crippen molar-refractivity contribution < 1.29 is 4.74 Å². The van der Waals surface area contributed by atoms with E-state index in [1.165, 1.54) is 11.0 Å². The number of terminal acetylenes is 1. The van der Waals surface area contributed by atoms with E-state index in [-0.39, 0.29) is 24.8 Å². The minimum Gasteiger partial charge on any atom is -0.479 e. The van der Waals surface area contributed by atoms with Crippen molar-refractivity contribution in [2.75, 3.05) is 6.61 Å². The highest BCUT2D eigenvalue weighted by atomic mass is 35.5. The minimum atomic E-state index is -0.0483. The Morgan fingerprint density at radius 2 is 2.32 bits per heavy atom. The fourth-order valence-corrected chi connectivity index (χ4v) is 1.38. The van der Waals surface area contributed by atoms with Crippen LogP contribution in [0.15, 0.2) is 24.5 Å². The van der Waals surface area contributed by atoms with E-state index in [1.54, 1.807) is 18.2 Å². The third-order valence-electron chi connectivity index (χ3n) is 2.18. The van der Waals surface area contributed by atoms with Crippen molar-refractivity contribution in [3.8, 4) is 23.8 Å². The monoisotopic (exact) mass is 278 g/mol. The highest BCUT2D eigenvalue weighted by Gasteiger charge is 2.09. The number of rotatable bonds is 4. The molecule has 0 aliphatic carbocycles. The molecule has 0 bridgehead atoms. The summed E-state index contributed by atoms with van der Waals surface area (Å²) >= 11 is 0. The smallest absolute Gasteiger partial charge is 0.148 e. The lowest BCUT2D eigenvalue weighted by molar-refractivity contribution is 0.368. The van der Waals surface area contributed by atoms with Crippen LogP contribution < -0.4 is 10.5 Å². The maximum absolute atomic E-state index is 7.41. The molecule has 3 N–H and O–H groups in total. The number of ether oxygens (including phenoxy) is 1. The van der Waals surface area contributed by atoms with E-state index in [1.807, 2.05) is 0 Å². The predicted octanol–water partition coefficient (Wildman–Crippen LogP) is 0.380. The van der Waals surface area contributed by atoms with Crippen molar-refractivity contribution in [2.45, 2.75) is 0 Å². The van der Waals surface area contributed by atoms with Crippen LogP contribution >= 0.6 is 12.4 Å². The number of nitrogens with two attached hydrogens (primary N) is 1. The Morgan fingerprint density at radius 3 is 2.89 bits per heavy atom. The number of aromatic nitrogens is 4. The minimum absolute atomic E-state index is 0. The quantitative estimate of drug-likeness (QED) is 0.478. The molecule has 0 unspecified atom stereocenters. The molecular weight excluding hydrogens is 268 g/mol. The van der Waals surface area contributed by atoms with E-state index in [0.29, 0.717) is 17.0 Å². The van der Waals surface area contributed by atoms with Crippen LogP contribution in [0.5, 0.6) is 5.75 Å². The van der Waals surface area contributed by atoms with Gasteiger partial charge in [-0.2, -0.15) is 4.68 Å². The number of nitrogens with one attached hydrogen (secondary N) is 1. The van der Waals surface area contributed by atoms with Gasteiger partial charge in [0.15, 0.2) is 0 Å². The summed E-state index contributed by atoms with van der Waals surface area (Å²) in [7, 11) is 0. The summed E-state index contributed by atoms with van der Waals surface area (Å²) in [6.07, 6.45) is 6.57. The molecule has 1 aromatic carbocycles. The fraction of sp³-hybridized carbons (Fsp3) is 0.0909. The van der Waals surface area contributed by atoms with Gasteiger partial charge in [-0.1, -0.05) is 5.92 Å². The van der Waals surface area contributed by atoms with Crippen molar-refractivity contribution in [1.29, 1.82) is 5.41 Å². The first-order chi connectivity index (χ1) is 8.72. The van der Waals surface area contributed by atoms with Crippen LogP contribution in [0.25, 0.3) is 5.69 Å². The summed E-state index contributed by atoms with van der Waals surface area (Å²) < 4.78 is 6.80. The van der Waals surface area contributed by atoms with Gasteiger partial charge in [0.05, 0.1) is 0 Å². The van der Waals surface area contributed by atoms with Crippen LogP contribution in [0.1, 0.15) is 5.56 Å². The Kier molecular flexibility index (Phi) is 4.85. The third-order valence-corrected chi connectivity index (χ3v) is 2.18. The van der Waals surface area contributed by atoms with Crippen LogP contribution in [-0.2, 0) is 0 Å². The van der Waals surface area contributed by atoms with Crippen molar-refractivity contribution in [1.82, 2.24) is 20.2 Å². The van der Waals surface area contributed by atoms with Gasteiger partial charge in [-0.3, -0.25) is 5.41 Å². The van der Waals surface area contributed by atoms with Gasteiger partial charge in [0.1, 0.15) is 30.2 Å². The summed E-state index contributed by atoms with van der Waals surface area (Å²) in [4.78, 5) is 0. The lowest BCUT2D eigenvalue weighted by Crippen LogP contribution is -2.12. The summed E-state index contributed by atoms with van der Waals surface area (Å²) in [5.74, 6) is 2.85. The van der Waals surface area contributed by atoms with Crippen molar-refractivity contribution >= 4 is 18.2 Å². The molecule has 7 nitrogen and oxygen atoms in total. The molecule has 0 radical (unpaired) electrons. The molecule has 2 rings (SSSR count). The van der Waals surface area contributed by atoms with Gasteiger partial charge in [0.25, 0.3) is 0 Å². The number of benzene rings is 1. The molecule has 0 saturated carbocycles. The SMILES string of the molecule is C#CCOc1ccc(C(=N)N)cc1-n1cnnn1.Cl. The molecule has 0 saturated heterocycles. The number of amidine groups is 1. The van der Waals surface area contributed by atoms with Gasteiger partial charge < -0.3 is 10.5 Å². The van der Waals surface area contributed by atoms with E-state index in [4.69, 9.17) is 22.3 Å². The molecule has 19 heavy (non-hydrogen) atoms. The first kappa shape index (κ1) is 14.5. The molecule has 0 fully saturated rings. The van der Waals surface area contributed by atoms with Gasteiger partial charge in [0.2, 0.25) is 0 Å². The lowest BCUT2D eigenvalue weighted by Gasteiger charge is -2.10. The van der Waals surface area contributed by atoms with Crippen molar-refractivity contribution in [3.05, 3.63) is 30.1 Å². The molecule has 0 atom stereocenters. The number of hydrogen-bond acceptors (Lipinski definition) is 5. The van der Waals surface area contributed by atoms with Crippen LogP contribution in [0.2, 0.25) is 0 Å². The summed E-state index contributed by atoms with van der Waals surface area (Å²) in [5.41, 5.74) is 6.56. The van der Waals surface area contributed by atoms with E-state index in [9.17, 15) is 0 Å². The third kappa shape index (κ3) is 3.20. The zero-order valence-electron chi connectivity index (χ0n) is 9.78. The van der Waals surface area contributed by atoms with Gasteiger partial charge in [-0.15, -0.1) is 23.9 Å². The first-order valence-corrected chi connectivity index (χ1v) is 5.00. The standard InChI is InChI=1S/C11H10N6O.ClH/c1-2-5-18-10-4-3-8(11(12)13)6-9(10)17-7-14-15-16-17;/h1,3-4,6-7H,5H2,(H3,12,13);1H. The second kappa shape index (κ2) is 6.37. The van der Waals surface area contributed by atoms with Crippen LogP contribution in [-0.4, -0.2) is 32.6 Å². The number of nitrogens with zero attached hydrogens (tertiary/aromatic N) is 4. The number of nitrogen functional groups attached to an aromatic ring is 1. The summed E-state index contributed by atoms with van der Waals surface area (Å²) in [6, 6.07) is 5.00. The van der Waals surface area contributed by atoms with E-state index >= 15 is 0 Å². The lowest BCUT2D eigenvalue weighted by atomic mass is 10.1. The van der Waals surface area contributed by atoms with E-state index in [0.717, 1.165) is 0 Å². The fourth-order valence-electron chi connectivity index (χ4n) is 1.38. The van der Waals surface area contributed by atoms with Gasteiger partial charge in [-0.25, -0.2) is 0 Å².